The summed E-state index contributed by atoms with van der Waals surface area (Å²) >= 11 is 1.62. The highest BCUT2D eigenvalue weighted by molar-refractivity contribution is 7.99. The highest BCUT2D eigenvalue weighted by Crippen LogP contribution is 2.36. The van der Waals surface area contributed by atoms with Crippen molar-refractivity contribution in [3.63, 3.8) is 0 Å². The van der Waals surface area contributed by atoms with Gasteiger partial charge in [-0.15, -0.1) is 11.8 Å². The van der Waals surface area contributed by atoms with Crippen LogP contribution in [-0.4, -0.2) is 45.7 Å². The molecule has 0 saturated heterocycles. The molecule has 9 heteroatoms. The molecular formula is C19H22N2O5S2. The molecule has 1 heterocycles. The molecular weight excluding hydrogens is 400 g/mol. The molecule has 28 heavy (non-hydrogen) atoms. The number of benzene rings is 2. The second kappa shape index (κ2) is 9.20. The van der Waals surface area contributed by atoms with E-state index in [4.69, 9.17) is 9.47 Å². The standard InChI is InChI=1S/C19H22N2O5S2/c1-2-28(23,24)21(15-8-9-17-18(12-15)26-14-25-17)13-19(22)20-10-11-27-16-6-4-3-5-7-16/h3-9,12H,2,10-11,13-14H2,1H3,(H,20,22). The third-order valence-electron chi connectivity index (χ3n) is 4.07. The molecule has 1 N–H and O–H groups in total. The van der Waals surface area contributed by atoms with E-state index >= 15 is 0 Å². The van der Waals surface area contributed by atoms with Crippen molar-refractivity contribution in [3.8, 4) is 11.5 Å². The second-order valence-corrected chi connectivity index (χ2v) is 9.31. The molecule has 0 spiro atoms. The van der Waals surface area contributed by atoms with Gasteiger partial charge in [0.2, 0.25) is 22.7 Å². The van der Waals surface area contributed by atoms with Crippen LogP contribution in [0.3, 0.4) is 0 Å². The van der Waals surface area contributed by atoms with E-state index in [9.17, 15) is 13.2 Å². The van der Waals surface area contributed by atoms with Crippen molar-refractivity contribution in [2.24, 2.45) is 0 Å². The Balaban J connectivity index is 1.61. The summed E-state index contributed by atoms with van der Waals surface area (Å²) in [7, 11) is -3.63. The fraction of sp³-hybridized carbons (Fsp3) is 0.316. The molecule has 0 unspecified atom stereocenters. The van der Waals surface area contributed by atoms with Crippen molar-refractivity contribution < 1.29 is 22.7 Å². The Labute approximate surface area is 169 Å². The molecule has 0 fully saturated rings. The summed E-state index contributed by atoms with van der Waals surface area (Å²) in [6, 6.07) is 14.7. The average Bonchev–Trinajstić information content (AvgIpc) is 3.18. The fourth-order valence-corrected chi connectivity index (χ4v) is 4.46. The van der Waals surface area contributed by atoms with Gasteiger partial charge in [-0.3, -0.25) is 9.10 Å². The summed E-state index contributed by atoms with van der Waals surface area (Å²) in [5.74, 6) is 1.25. The second-order valence-electron chi connectivity index (χ2n) is 5.96. The van der Waals surface area contributed by atoms with Crippen LogP contribution < -0.4 is 19.1 Å². The van der Waals surface area contributed by atoms with Crippen LogP contribution in [0.15, 0.2) is 53.4 Å². The van der Waals surface area contributed by atoms with Gasteiger partial charge in [0.15, 0.2) is 11.5 Å². The smallest absolute Gasteiger partial charge is 0.240 e. The molecule has 1 amide bonds. The maximum atomic E-state index is 12.5. The number of hydrogen-bond donors (Lipinski definition) is 1. The Morgan fingerprint density at radius 3 is 2.64 bits per heavy atom. The van der Waals surface area contributed by atoms with Crippen LogP contribution >= 0.6 is 11.8 Å². The first-order chi connectivity index (χ1) is 13.5. The van der Waals surface area contributed by atoms with E-state index in [-0.39, 0.29) is 25.0 Å². The molecule has 2 aromatic carbocycles. The number of carbonyl (C=O) groups is 1. The summed E-state index contributed by atoms with van der Waals surface area (Å²) in [5.41, 5.74) is 0.375. The Bertz CT molecular complexity index is 919. The number of anilines is 1. The number of carbonyl (C=O) groups excluding carboxylic acids is 1. The van der Waals surface area contributed by atoms with Gasteiger partial charge in [0, 0.05) is 23.3 Å². The third kappa shape index (κ3) is 5.11. The normalized spacial score (nSPS) is 12.6. The molecule has 0 bridgehead atoms. The number of ether oxygens (including phenoxy) is 2. The summed E-state index contributed by atoms with van der Waals surface area (Å²) < 4.78 is 36.7. The van der Waals surface area contributed by atoms with E-state index in [1.54, 1.807) is 36.9 Å². The first-order valence-electron chi connectivity index (χ1n) is 8.84. The molecule has 0 saturated carbocycles. The first-order valence-corrected chi connectivity index (χ1v) is 11.4. The average molecular weight is 423 g/mol. The minimum absolute atomic E-state index is 0.0961. The minimum atomic E-state index is -3.63. The van der Waals surface area contributed by atoms with Crippen molar-refractivity contribution in [2.45, 2.75) is 11.8 Å². The van der Waals surface area contributed by atoms with Gasteiger partial charge in [0.1, 0.15) is 6.54 Å². The number of rotatable bonds is 9. The van der Waals surface area contributed by atoms with Gasteiger partial charge in [0.25, 0.3) is 0 Å². The molecule has 7 nitrogen and oxygen atoms in total. The lowest BCUT2D eigenvalue weighted by molar-refractivity contribution is -0.119. The predicted octanol–water partition coefficient (Wildman–Crippen LogP) is 2.48. The molecule has 1 aliphatic heterocycles. The van der Waals surface area contributed by atoms with Gasteiger partial charge in [-0.2, -0.15) is 0 Å². The molecule has 0 atom stereocenters. The lowest BCUT2D eigenvalue weighted by atomic mass is 10.3. The van der Waals surface area contributed by atoms with Gasteiger partial charge >= 0.3 is 0 Å². The number of sulfonamides is 1. The third-order valence-corrected chi connectivity index (χ3v) is 6.82. The summed E-state index contributed by atoms with van der Waals surface area (Å²) in [4.78, 5) is 13.5. The molecule has 0 aliphatic carbocycles. The fourth-order valence-electron chi connectivity index (χ4n) is 2.61. The minimum Gasteiger partial charge on any atom is -0.454 e. The zero-order chi connectivity index (χ0) is 20.0. The zero-order valence-electron chi connectivity index (χ0n) is 15.5. The topological polar surface area (TPSA) is 84.9 Å². The number of hydrogen-bond acceptors (Lipinski definition) is 6. The summed E-state index contributed by atoms with van der Waals surface area (Å²) in [6.07, 6.45) is 0. The Hall–Kier alpha value is -2.39. The first kappa shape index (κ1) is 20.3. The van der Waals surface area contributed by atoms with E-state index in [1.807, 2.05) is 30.3 Å². The predicted molar refractivity (Wildman–Crippen MR) is 110 cm³/mol. The highest BCUT2D eigenvalue weighted by Gasteiger charge is 2.25. The van der Waals surface area contributed by atoms with Gasteiger partial charge in [-0.1, -0.05) is 18.2 Å². The van der Waals surface area contributed by atoms with Gasteiger partial charge in [-0.25, -0.2) is 8.42 Å². The lowest BCUT2D eigenvalue weighted by Gasteiger charge is -2.23. The number of nitrogens with zero attached hydrogens (tertiary/aromatic N) is 1. The Morgan fingerprint density at radius 1 is 1.14 bits per heavy atom. The monoisotopic (exact) mass is 422 g/mol. The number of fused-ring (bicyclic) bond motifs is 1. The van der Waals surface area contributed by atoms with Crippen LogP contribution in [0, 0.1) is 0 Å². The number of amides is 1. The van der Waals surface area contributed by atoms with Crippen molar-refractivity contribution in [1.82, 2.24) is 5.32 Å². The molecule has 3 rings (SSSR count). The quantitative estimate of drug-likeness (QED) is 0.494. The van der Waals surface area contributed by atoms with E-state index in [1.165, 1.54) is 0 Å². The van der Waals surface area contributed by atoms with Gasteiger partial charge < -0.3 is 14.8 Å². The number of thioether (sulfide) groups is 1. The van der Waals surface area contributed by atoms with E-state index in [0.717, 1.165) is 9.20 Å². The van der Waals surface area contributed by atoms with E-state index in [0.29, 0.717) is 29.5 Å². The Kier molecular flexibility index (Phi) is 6.69. The highest BCUT2D eigenvalue weighted by atomic mass is 32.2. The van der Waals surface area contributed by atoms with Crippen LogP contribution in [0.2, 0.25) is 0 Å². The Morgan fingerprint density at radius 2 is 1.89 bits per heavy atom. The summed E-state index contributed by atoms with van der Waals surface area (Å²) in [5, 5.41) is 2.78. The molecule has 150 valence electrons. The molecule has 0 radical (unpaired) electrons. The van der Waals surface area contributed by atoms with E-state index < -0.39 is 10.0 Å². The van der Waals surface area contributed by atoms with Crippen LogP contribution in [0.5, 0.6) is 11.5 Å². The van der Waals surface area contributed by atoms with Crippen LogP contribution in [0.4, 0.5) is 5.69 Å². The SMILES string of the molecule is CCS(=O)(=O)N(CC(=O)NCCSc1ccccc1)c1ccc2c(c1)OCO2. The largest absolute Gasteiger partial charge is 0.454 e. The van der Waals surface area contributed by atoms with Gasteiger partial charge in [-0.05, 0) is 31.2 Å². The van der Waals surface area contributed by atoms with Crippen molar-refractivity contribution in [1.29, 1.82) is 0 Å². The van der Waals surface area contributed by atoms with Crippen LogP contribution in [0.25, 0.3) is 0 Å². The lowest BCUT2D eigenvalue weighted by Crippen LogP contribution is -2.42. The molecule has 1 aliphatic rings. The van der Waals surface area contributed by atoms with Gasteiger partial charge in [0.05, 0.1) is 11.4 Å². The maximum Gasteiger partial charge on any atom is 0.240 e. The van der Waals surface area contributed by atoms with Crippen LogP contribution in [-0.2, 0) is 14.8 Å². The number of nitrogens with one attached hydrogen (secondary N) is 1. The summed E-state index contributed by atoms with van der Waals surface area (Å²) in [6.45, 7) is 1.80. The van der Waals surface area contributed by atoms with Crippen LogP contribution in [0.1, 0.15) is 6.92 Å². The zero-order valence-corrected chi connectivity index (χ0v) is 17.1. The van der Waals surface area contributed by atoms with E-state index in [2.05, 4.69) is 5.32 Å². The van der Waals surface area contributed by atoms with Crippen molar-refractivity contribution in [2.75, 3.05) is 35.7 Å². The van der Waals surface area contributed by atoms with Crippen molar-refractivity contribution >= 4 is 33.4 Å². The molecule has 0 aromatic heterocycles. The maximum absolute atomic E-state index is 12.5. The molecule has 2 aromatic rings. The van der Waals surface area contributed by atoms with Crippen molar-refractivity contribution in [3.05, 3.63) is 48.5 Å².